The molecule has 0 aromatic heterocycles. The molecule has 32 heavy (non-hydrogen) atoms. The summed E-state index contributed by atoms with van der Waals surface area (Å²) in [7, 11) is -2.09. The number of nitrogens with zero attached hydrogens (tertiary/aromatic N) is 1. The van der Waals surface area contributed by atoms with Crippen LogP contribution in [0.15, 0.2) is 47.4 Å². The Kier molecular flexibility index (Phi) is 7.70. The van der Waals surface area contributed by atoms with Crippen LogP contribution in [0.1, 0.15) is 35.2 Å². The highest BCUT2D eigenvalue weighted by atomic mass is 32.2. The number of anilines is 1. The molecule has 0 bridgehead atoms. The zero-order valence-electron chi connectivity index (χ0n) is 18.2. The molecule has 10 heteroatoms. The summed E-state index contributed by atoms with van der Waals surface area (Å²) in [5.74, 6) is -0.341. The smallest absolute Gasteiger partial charge is 0.269 e. The standard InChI is InChI=1S/C22H28N4O5S/c1-16-6-11-19(32(29,30)26-12-4-3-5-13-26)14-20(16)22(28)25-24-21(27)15-23-17-7-9-18(31-2)10-8-17/h6-11,14,23H,3-5,12-13,15H2,1-2H3,(H,24,27)(H,25,28). The number of methoxy groups -OCH3 is 1. The maximum absolute atomic E-state index is 12.9. The molecule has 1 aliphatic heterocycles. The van der Waals surface area contributed by atoms with E-state index in [1.165, 1.54) is 16.4 Å². The van der Waals surface area contributed by atoms with Crippen molar-refractivity contribution in [2.24, 2.45) is 0 Å². The van der Waals surface area contributed by atoms with Gasteiger partial charge in [0.15, 0.2) is 0 Å². The number of nitrogens with one attached hydrogen (secondary N) is 3. The molecule has 3 rings (SSSR count). The number of carbonyl (C=O) groups excluding carboxylic acids is 2. The van der Waals surface area contributed by atoms with Crippen LogP contribution in [0.5, 0.6) is 5.75 Å². The molecule has 1 aliphatic rings. The first-order chi connectivity index (χ1) is 15.3. The molecule has 2 amide bonds. The van der Waals surface area contributed by atoms with Crippen LogP contribution < -0.4 is 20.9 Å². The van der Waals surface area contributed by atoms with Crippen LogP contribution >= 0.6 is 0 Å². The number of hydrogen-bond acceptors (Lipinski definition) is 6. The minimum Gasteiger partial charge on any atom is -0.497 e. The van der Waals surface area contributed by atoms with Crippen LogP contribution in [0.25, 0.3) is 0 Å². The third-order valence-corrected chi connectivity index (χ3v) is 7.16. The lowest BCUT2D eigenvalue weighted by molar-refractivity contribution is -0.120. The number of rotatable bonds is 7. The van der Waals surface area contributed by atoms with E-state index in [1.54, 1.807) is 44.4 Å². The number of amides is 2. The van der Waals surface area contributed by atoms with E-state index >= 15 is 0 Å². The Labute approximate surface area is 188 Å². The second-order valence-electron chi connectivity index (χ2n) is 7.53. The SMILES string of the molecule is COc1ccc(NCC(=O)NNC(=O)c2cc(S(=O)(=O)N3CCCCC3)ccc2C)cc1. The fourth-order valence-electron chi connectivity index (χ4n) is 3.39. The van der Waals surface area contributed by atoms with Gasteiger partial charge in [-0.3, -0.25) is 20.4 Å². The summed E-state index contributed by atoms with van der Waals surface area (Å²) in [6.07, 6.45) is 2.67. The number of piperidine rings is 1. The number of aryl methyl sites for hydroxylation is 1. The summed E-state index contributed by atoms with van der Waals surface area (Å²) < 4.78 is 32.4. The Morgan fingerprint density at radius 2 is 1.69 bits per heavy atom. The molecule has 0 saturated carbocycles. The van der Waals surface area contributed by atoms with E-state index in [4.69, 9.17) is 4.74 Å². The molecule has 0 atom stereocenters. The molecule has 0 aliphatic carbocycles. The van der Waals surface area contributed by atoms with E-state index in [9.17, 15) is 18.0 Å². The van der Waals surface area contributed by atoms with E-state index in [2.05, 4.69) is 16.2 Å². The van der Waals surface area contributed by atoms with E-state index < -0.39 is 21.8 Å². The van der Waals surface area contributed by atoms with Crippen molar-refractivity contribution in [1.82, 2.24) is 15.2 Å². The van der Waals surface area contributed by atoms with Crippen molar-refractivity contribution < 1.29 is 22.7 Å². The maximum atomic E-state index is 12.9. The van der Waals surface area contributed by atoms with Gasteiger partial charge in [-0.1, -0.05) is 12.5 Å². The molecular formula is C22H28N4O5S. The predicted octanol–water partition coefficient (Wildman–Crippen LogP) is 2.05. The van der Waals surface area contributed by atoms with Gasteiger partial charge in [0.25, 0.3) is 11.8 Å². The summed E-state index contributed by atoms with van der Waals surface area (Å²) in [6.45, 7) is 2.61. The molecule has 1 fully saturated rings. The van der Waals surface area contributed by atoms with Crippen molar-refractivity contribution in [1.29, 1.82) is 0 Å². The molecular weight excluding hydrogens is 432 g/mol. The lowest BCUT2D eigenvalue weighted by atomic mass is 10.1. The Hall–Kier alpha value is -3.11. The Morgan fingerprint density at radius 1 is 1.00 bits per heavy atom. The highest BCUT2D eigenvalue weighted by Gasteiger charge is 2.27. The first kappa shape index (κ1) is 23.6. The molecule has 0 spiro atoms. The van der Waals surface area contributed by atoms with Crippen LogP contribution in [0.3, 0.4) is 0 Å². The largest absolute Gasteiger partial charge is 0.497 e. The molecule has 2 aromatic rings. The van der Waals surface area contributed by atoms with Crippen LogP contribution in [-0.4, -0.2) is 51.3 Å². The minimum absolute atomic E-state index is 0.0605. The van der Waals surface area contributed by atoms with Crippen molar-refractivity contribution in [2.45, 2.75) is 31.1 Å². The van der Waals surface area contributed by atoms with Gasteiger partial charge in [-0.2, -0.15) is 4.31 Å². The molecule has 0 radical (unpaired) electrons. The topological polar surface area (TPSA) is 117 Å². The molecule has 1 saturated heterocycles. The van der Waals surface area contributed by atoms with Crippen LogP contribution in [0, 0.1) is 6.92 Å². The number of ether oxygens (including phenoxy) is 1. The van der Waals surface area contributed by atoms with Crippen LogP contribution in [0.2, 0.25) is 0 Å². The summed E-state index contributed by atoms with van der Waals surface area (Å²) in [5.41, 5.74) is 6.19. The van der Waals surface area contributed by atoms with Crippen molar-refractivity contribution in [3.05, 3.63) is 53.6 Å². The van der Waals surface area contributed by atoms with Crippen LogP contribution in [-0.2, 0) is 14.8 Å². The second-order valence-corrected chi connectivity index (χ2v) is 9.46. The van der Waals surface area contributed by atoms with Crippen molar-refractivity contribution in [3.63, 3.8) is 0 Å². The quantitative estimate of drug-likeness (QED) is 0.545. The summed E-state index contributed by atoms with van der Waals surface area (Å²) in [6, 6.07) is 11.5. The van der Waals surface area contributed by atoms with Gasteiger partial charge in [-0.15, -0.1) is 0 Å². The van der Waals surface area contributed by atoms with E-state index in [0.717, 1.165) is 24.9 Å². The molecule has 1 heterocycles. The molecule has 2 aromatic carbocycles. The molecule has 172 valence electrons. The van der Waals surface area contributed by atoms with E-state index in [-0.39, 0.29) is 17.0 Å². The Balaban J connectivity index is 1.59. The van der Waals surface area contributed by atoms with Gasteiger partial charge in [-0.25, -0.2) is 8.42 Å². The van der Waals surface area contributed by atoms with Crippen molar-refractivity contribution >= 4 is 27.5 Å². The lowest BCUT2D eigenvalue weighted by Gasteiger charge is -2.26. The average Bonchev–Trinajstić information content (AvgIpc) is 2.82. The van der Waals surface area contributed by atoms with Gasteiger partial charge in [0.2, 0.25) is 10.0 Å². The predicted molar refractivity (Wildman–Crippen MR) is 121 cm³/mol. The first-order valence-electron chi connectivity index (χ1n) is 10.4. The van der Waals surface area contributed by atoms with E-state index in [1.807, 2.05) is 0 Å². The van der Waals surface area contributed by atoms with Gasteiger partial charge < -0.3 is 10.1 Å². The monoisotopic (exact) mass is 460 g/mol. The Morgan fingerprint density at radius 3 is 2.34 bits per heavy atom. The minimum atomic E-state index is -3.66. The normalized spacial score (nSPS) is 14.4. The highest BCUT2D eigenvalue weighted by Crippen LogP contribution is 2.23. The zero-order chi connectivity index (χ0) is 23.1. The van der Waals surface area contributed by atoms with E-state index in [0.29, 0.717) is 24.4 Å². The first-order valence-corrected chi connectivity index (χ1v) is 11.8. The number of hydrazine groups is 1. The maximum Gasteiger partial charge on any atom is 0.269 e. The van der Waals surface area contributed by atoms with Gasteiger partial charge >= 0.3 is 0 Å². The van der Waals surface area contributed by atoms with Gasteiger partial charge in [0, 0.05) is 24.3 Å². The molecule has 0 unspecified atom stereocenters. The van der Waals surface area contributed by atoms with Crippen LogP contribution in [0.4, 0.5) is 5.69 Å². The van der Waals surface area contributed by atoms with Gasteiger partial charge in [0.05, 0.1) is 18.6 Å². The van der Waals surface area contributed by atoms with Crippen molar-refractivity contribution in [3.8, 4) is 5.75 Å². The average molecular weight is 461 g/mol. The molecule has 3 N–H and O–H groups in total. The summed E-state index contributed by atoms with van der Waals surface area (Å²) >= 11 is 0. The second kappa shape index (κ2) is 10.5. The summed E-state index contributed by atoms with van der Waals surface area (Å²) in [5, 5.41) is 2.93. The lowest BCUT2D eigenvalue weighted by Crippen LogP contribution is -2.44. The van der Waals surface area contributed by atoms with Gasteiger partial charge in [0.1, 0.15) is 5.75 Å². The number of carbonyl (C=O) groups is 2. The fourth-order valence-corrected chi connectivity index (χ4v) is 4.93. The van der Waals surface area contributed by atoms with Gasteiger partial charge in [-0.05, 0) is 61.7 Å². The van der Waals surface area contributed by atoms with Crippen molar-refractivity contribution in [2.75, 3.05) is 32.1 Å². The molecule has 9 nitrogen and oxygen atoms in total. The number of hydrogen-bond donors (Lipinski definition) is 3. The summed E-state index contributed by atoms with van der Waals surface area (Å²) in [4.78, 5) is 24.8. The number of benzene rings is 2. The third-order valence-electron chi connectivity index (χ3n) is 5.27. The number of sulfonamides is 1. The highest BCUT2D eigenvalue weighted by molar-refractivity contribution is 7.89. The fraction of sp³-hybridized carbons (Fsp3) is 0.364. The third kappa shape index (κ3) is 5.77. The Bertz CT molecular complexity index is 1060. The zero-order valence-corrected chi connectivity index (χ0v) is 19.0.